The molecule has 1 saturated heterocycles. The first kappa shape index (κ1) is 13.1. The maximum Gasteiger partial charge on any atom is 0.160 e. The molecule has 0 atom stereocenters. The van der Waals surface area contributed by atoms with E-state index in [0.29, 0.717) is 0 Å². The molecule has 3 aromatic rings. The van der Waals surface area contributed by atoms with Gasteiger partial charge in [0.2, 0.25) is 0 Å². The molecule has 0 radical (unpaired) electrons. The number of hydrogen-bond acceptors (Lipinski definition) is 5. The zero-order chi connectivity index (χ0) is 14.9. The minimum absolute atomic E-state index is 0.798. The summed E-state index contributed by atoms with van der Waals surface area (Å²) in [6.45, 7) is 6.06. The number of piperazine rings is 1. The highest BCUT2D eigenvalue weighted by molar-refractivity contribution is 5.86. The first-order chi connectivity index (χ1) is 10.8. The van der Waals surface area contributed by atoms with Crippen LogP contribution in [0.1, 0.15) is 5.56 Å². The summed E-state index contributed by atoms with van der Waals surface area (Å²) in [4.78, 5) is 13.4. The van der Waals surface area contributed by atoms with Crippen LogP contribution in [0, 0.1) is 6.92 Å². The van der Waals surface area contributed by atoms with Crippen molar-refractivity contribution in [3.05, 3.63) is 42.4 Å². The van der Waals surface area contributed by atoms with Crippen LogP contribution in [0.5, 0.6) is 0 Å². The van der Waals surface area contributed by atoms with Crippen LogP contribution in [0.4, 0.5) is 11.5 Å². The van der Waals surface area contributed by atoms with E-state index in [9.17, 15) is 0 Å². The van der Waals surface area contributed by atoms with Crippen molar-refractivity contribution < 1.29 is 0 Å². The minimum atomic E-state index is 0.798. The first-order valence-electron chi connectivity index (χ1n) is 7.52. The molecule has 4 rings (SSSR count). The van der Waals surface area contributed by atoms with Gasteiger partial charge in [-0.05, 0) is 18.6 Å². The Bertz CT molecular complexity index is 788. The number of aryl methyl sites for hydroxylation is 1. The predicted molar refractivity (Wildman–Crippen MR) is 87.3 cm³/mol. The van der Waals surface area contributed by atoms with Gasteiger partial charge < -0.3 is 9.80 Å². The molecule has 0 spiro atoms. The average Bonchev–Trinajstić information content (AvgIpc) is 3.04. The molecule has 0 aliphatic carbocycles. The monoisotopic (exact) mass is 294 g/mol. The largest absolute Gasteiger partial charge is 0.368 e. The Morgan fingerprint density at radius 1 is 1.00 bits per heavy atom. The number of hydrogen-bond donors (Lipinski definition) is 1. The standard InChI is InChI=1S/C16H18N6/c1-12-4-2-3-5-14(12)21-6-8-22(9-7-21)16-13-10-19-20-15(13)17-11-18-16/h2-5,10-11H,6-9H2,1H3,(H,17,18,19,20). The van der Waals surface area contributed by atoms with Crippen LogP contribution in [0.25, 0.3) is 11.0 Å². The lowest BCUT2D eigenvalue weighted by Gasteiger charge is -2.37. The molecule has 0 unspecified atom stereocenters. The zero-order valence-electron chi connectivity index (χ0n) is 12.5. The summed E-state index contributed by atoms with van der Waals surface area (Å²) in [5, 5.41) is 7.96. The molecule has 0 bridgehead atoms. The number of aromatic nitrogens is 4. The van der Waals surface area contributed by atoms with Crippen molar-refractivity contribution in [2.24, 2.45) is 0 Å². The van der Waals surface area contributed by atoms with Gasteiger partial charge in [-0.15, -0.1) is 0 Å². The Balaban J connectivity index is 1.55. The van der Waals surface area contributed by atoms with Gasteiger partial charge in [0.1, 0.15) is 12.1 Å². The fourth-order valence-electron chi connectivity index (χ4n) is 3.08. The Morgan fingerprint density at radius 3 is 2.59 bits per heavy atom. The summed E-state index contributed by atoms with van der Waals surface area (Å²) in [6.07, 6.45) is 3.40. The highest BCUT2D eigenvalue weighted by atomic mass is 15.3. The molecule has 2 aromatic heterocycles. The number of fused-ring (bicyclic) bond motifs is 1. The van der Waals surface area contributed by atoms with Gasteiger partial charge in [-0.25, -0.2) is 9.97 Å². The third-order valence-corrected chi connectivity index (χ3v) is 4.26. The van der Waals surface area contributed by atoms with E-state index in [1.807, 2.05) is 0 Å². The first-order valence-corrected chi connectivity index (χ1v) is 7.52. The average molecular weight is 294 g/mol. The van der Waals surface area contributed by atoms with Crippen LogP contribution in [0.3, 0.4) is 0 Å². The van der Waals surface area contributed by atoms with E-state index in [0.717, 1.165) is 43.0 Å². The third-order valence-electron chi connectivity index (χ3n) is 4.26. The van der Waals surface area contributed by atoms with E-state index in [1.165, 1.54) is 11.3 Å². The Hall–Kier alpha value is -2.63. The maximum absolute atomic E-state index is 4.45. The smallest absolute Gasteiger partial charge is 0.160 e. The van der Waals surface area contributed by atoms with Crippen molar-refractivity contribution in [2.75, 3.05) is 36.0 Å². The van der Waals surface area contributed by atoms with Crippen molar-refractivity contribution in [1.82, 2.24) is 20.2 Å². The summed E-state index contributed by atoms with van der Waals surface area (Å²) in [6, 6.07) is 8.56. The van der Waals surface area contributed by atoms with E-state index in [2.05, 4.69) is 61.2 Å². The van der Waals surface area contributed by atoms with Gasteiger partial charge >= 0.3 is 0 Å². The molecule has 6 nitrogen and oxygen atoms in total. The molecule has 1 aliphatic rings. The fraction of sp³-hybridized carbons (Fsp3) is 0.312. The number of para-hydroxylation sites is 1. The number of rotatable bonds is 2. The lowest BCUT2D eigenvalue weighted by atomic mass is 10.1. The van der Waals surface area contributed by atoms with Gasteiger partial charge in [-0.1, -0.05) is 18.2 Å². The predicted octanol–water partition coefficient (Wildman–Crippen LogP) is 1.99. The van der Waals surface area contributed by atoms with Crippen LogP contribution < -0.4 is 9.80 Å². The molecule has 1 fully saturated rings. The quantitative estimate of drug-likeness (QED) is 0.783. The summed E-state index contributed by atoms with van der Waals surface area (Å²) >= 11 is 0. The molecule has 3 heterocycles. The Labute approximate surface area is 128 Å². The van der Waals surface area contributed by atoms with Crippen LogP contribution >= 0.6 is 0 Å². The van der Waals surface area contributed by atoms with Gasteiger partial charge in [0.05, 0.1) is 11.6 Å². The summed E-state index contributed by atoms with van der Waals surface area (Å²) < 4.78 is 0. The van der Waals surface area contributed by atoms with E-state index in [-0.39, 0.29) is 0 Å². The molecular weight excluding hydrogens is 276 g/mol. The maximum atomic E-state index is 4.45. The highest BCUT2D eigenvalue weighted by Crippen LogP contribution is 2.25. The number of benzene rings is 1. The molecule has 0 saturated carbocycles. The van der Waals surface area contributed by atoms with E-state index in [1.54, 1.807) is 12.5 Å². The van der Waals surface area contributed by atoms with E-state index in [4.69, 9.17) is 0 Å². The number of nitrogens with zero attached hydrogens (tertiary/aromatic N) is 5. The van der Waals surface area contributed by atoms with Gasteiger partial charge in [0, 0.05) is 31.9 Å². The van der Waals surface area contributed by atoms with Crippen LogP contribution in [-0.2, 0) is 0 Å². The minimum Gasteiger partial charge on any atom is -0.368 e. The molecule has 112 valence electrons. The van der Waals surface area contributed by atoms with Crippen LogP contribution in [0.2, 0.25) is 0 Å². The van der Waals surface area contributed by atoms with Gasteiger partial charge in [-0.3, -0.25) is 5.10 Å². The van der Waals surface area contributed by atoms with Crippen LogP contribution in [-0.4, -0.2) is 46.3 Å². The second-order valence-electron chi connectivity index (χ2n) is 5.59. The van der Waals surface area contributed by atoms with Gasteiger partial charge in [0.15, 0.2) is 5.65 Å². The normalized spacial score (nSPS) is 15.5. The number of nitrogens with one attached hydrogen (secondary N) is 1. The Kier molecular flexibility index (Phi) is 3.14. The number of aromatic amines is 1. The lowest BCUT2D eigenvalue weighted by Crippen LogP contribution is -2.47. The fourth-order valence-corrected chi connectivity index (χ4v) is 3.08. The second kappa shape index (κ2) is 5.29. The summed E-state index contributed by atoms with van der Waals surface area (Å²) in [5.41, 5.74) is 3.46. The van der Waals surface area contributed by atoms with Crippen molar-refractivity contribution >= 4 is 22.5 Å². The number of anilines is 2. The summed E-state index contributed by atoms with van der Waals surface area (Å²) in [5.74, 6) is 0.975. The molecule has 22 heavy (non-hydrogen) atoms. The topological polar surface area (TPSA) is 60.9 Å². The van der Waals surface area contributed by atoms with Crippen molar-refractivity contribution in [3.63, 3.8) is 0 Å². The highest BCUT2D eigenvalue weighted by Gasteiger charge is 2.21. The van der Waals surface area contributed by atoms with Crippen molar-refractivity contribution in [2.45, 2.75) is 6.92 Å². The molecule has 1 aromatic carbocycles. The van der Waals surface area contributed by atoms with Gasteiger partial charge in [0.25, 0.3) is 0 Å². The Morgan fingerprint density at radius 2 is 1.77 bits per heavy atom. The van der Waals surface area contributed by atoms with E-state index < -0.39 is 0 Å². The second-order valence-corrected chi connectivity index (χ2v) is 5.59. The summed E-state index contributed by atoms with van der Waals surface area (Å²) in [7, 11) is 0. The molecule has 1 N–H and O–H groups in total. The van der Waals surface area contributed by atoms with Gasteiger partial charge in [-0.2, -0.15) is 5.10 Å². The lowest BCUT2D eigenvalue weighted by molar-refractivity contribution is 0.648. The molecular formula is C16H18N6. The van der Waals surface area contributed by atoms with Crippen LogP contribution in [0.15, 0.2) is 36.8 Å². The SMILES string of the molecule is Cc1ccccc1N1CCN(c2ncnc3[nH]ncc23)CC1. The zero-order valence-corrected chi connectivity index (χ0v) is 12.5. The third kappa shape index (κ3) is 2.16. The van der Waals surface area contributed by atoms with Crippen molar-refractivity contribution in [1.29, 1.82) is 0 Å². The molecule has 0 amide bonds. The van der Waals surface area contributed by atoms with E-state index >= 15 is 0 Å². The van der Waals surface area contributed by atoms with Crippen molar-refractivity contribution in [3.8, 4) is 0 Å². The number of H-pyrrole nitrogens is 1. The molecule has 6 heteroatoms. The molecule has 1 aliphatic heterocycles.